The van der Waals surface area contributed by atoms with Gasteiger partial charge in [-0.15, -0.1) is 0 Å². The molecule has 1 aromatic heterocycles. The highest BCUT2D eigenvalue weighted by Gasteiger charge is 2.30. The largest absolute Gasteiger partial charge is 0.394 e. The van der Waals surface area contributed by atoms with E-state index in [0.717, 1.165) is 0 Å². The summed E-state index contributed by atoms with van der Waals surface area (Å²) in [5.74, 6) is 0. The summed E-state index contributed by atoms with van der Waals surface area (Å²) in [5, 5.41) is 12.2. The highest BCUT2D eigenvalue weighted by atomic mass is 16.3. The van der Waals surface area contributed by atoms with Crippen molar-refractivity contribution in [1.29, 1.82) is 0 Å². The first-order chi connectivity index (χ1) is 9.16. The molecule has 6 heteroatoms. The third-order valence-corrected chi connectivity index (χ3v) is 3.30. The second-order valence-electron chi connectivity index (χ2n) is 5.97. The lowest BCUT2D eigenvalue weighted by molar-refractivity contribution is 0.0885. The Morgan fingerprint density at radius 1 is 1.45 bits per heavy atom. The van der Waals surface area contributed by atoms with Crippen molar-refractivity contribution in [3.63, 3.8) is 0 Å². The van der Waals surface area contributed by atoms with Crippen molar-refractivity contribution in [3.8, 4) is 0 Å². The fourth-order valence-corrected chi connectivity index (χ4v) is 2.00. The highest BCUT2D eigenvalue weighted by Crippen LogP contribution is 2.23. The number of anilines is 1. The number of aliphatic hydroxyl groups is 1. The number of aliphatic hydroxyl groups excluding tert-OH is 1. The van der Waals surface area contributed by atoms with Gasteiger partial charge in [0.2, 0.25) is 5.56 Å². The Hall–Kier alpha value is -1.82. The van der Waals surface area contributed by atoms with Crippen molar-refractivity contribution in [2.24, 2.45) is 12.5 Å². The summed E-state index contributed by atoms with van der Waals surface area (Å²) in [5.41, 5.74) is 0.165. The minimum atomic E-state index is -0.322. The van der Waals surface area contributed by atoms with Crippen LogP contribution in [0.1, 0.15) is 20.8 Å². The maximum absolute atomic E-state index is 12.2. The number of aryl methyl sites for hydroxylation is 1. The molecule has 0 aliphatic heterocycles. The molecule has 0 bridgehead atoms. The molecule has 0 aliphatic carbocycles. The molecule has 1 atom stereocenters. The van der Waals surface area contributed by atoms with Gasteiger partial charge in [-0.25, -0.2) is 4.79 Å². The summed E-state index contributed by atoms with van der Waals surface area (Å²) in [6.45, 7) is 5.78. The van der Waals surface area contributed by atoms with Crippen molar-refractivity contribution < 1.29 is 9.90 Å². The molecule has 0 fully saturated rings. The Bertz CT molecular complexity index is 531. The summed E-state index contributed by atoms with van der Waals surface area (Å²) in [6, 6.07) is 2.33. The maximum Gasteiger partial charge on any atom is 0.321 e. The van der Waals surface area contributed by atoms with Crippen LogP contribution in [0.5, 0.6) is 0 Å². The van der Waals surface area contributed by atoms with Crippen LogP contribution in [0.15, 0.2) is 23.1 Å². The van der Waals surface area contributed by atoms with E-state index in [1.807, 2.05) is 20.8 Å². The van der Waals surface area contributed by atoms with E-state index in [0.29, 0.717) is 5.69 Å². The van der Waals surface area contributed by atoms with Crippen LogP contribution in [0.25, 0.3) is 0 Å². The number of urea groups is 1. The van der Waals surface area contributed by atoms with Crippen LogP contribution in [-0.2, 0) is 7.05 Å². The number of likely N-dealkylation sites (N-methyl/N-ethyl adjacent to an activating group) is 1. The first kappa shape index (κ1) is 16.2. The van der Waals surface area contributed by atoms with Crippen LogP contribution in [0, 0.1) is 5.41 Å². The van der Waals surface area contributed by atoms with E-state index >= 15 is 0 Å². The highest BCUT2D eigenvalue weighted by molar-refractivity contribution is 5.89. The zero-order valence-electron chi connectivity index (χ0n) is 12.7. The normalized spacial score (nSPS) is 12.9. The smallest absolute Gasteiger partial charge is 0.321 e. The van der Waals surface area contributed by atoms with Gasteiger partial charge in [0.15, 0.2) is 0 Å². The van der Waals surface area contributed by atoms with Gasteiger partial charge in [0.25, 0.3) is 0 Å². The number of pyridine rings is 1. The van der Waals surface area contributed by atoms with Gasteiger partial charge in [-0.2, -0.15) is 0 Å². The van der Waals surface area contributed by atoms with Crippen LogP contribution < -0.4 is 10.9 Å². The summed E-state index contributed by atoms with van der Waals surface area (Å²) in [4.78, 5) is 24.9. The summed E-state index contributed by atoms with van der Waals surface area (Å²) >= 11 is 0. The number of carbonyl (C=O) groups is 1. The standard InChI is InChI=1S/C14H23N3O3/c1-14(2,3)11(9-18)17(5)13(20)15-10-6-7-12(19)16(4)8-10/h6-8,11,18H,9H2,1-5H3,(H,15,20). The SMILES string of the molecule is CN(C(=O)Nc1ccc(=O)n(C)c1)C(CO)C(C)(C)C. The van der Waals surface area contributed by atoms with E-state index in [9.17, 15) is 14.7 Å². The molecule has 0 aromatic carbocycles. The van der Waals surface area contributed by atoms with Crippen molar-refractivity contribution in [1.82, 2.24) is 9.47 Å². The Morgan fingerprint density at radius 3 is 2.50 bits per heavy atom. The predicted molar refractivity (Wildman–Crippen MR) is 78.8 cm³/mol. The molecule has 1 heterocycles. The molecule has 0 aliphatic rings. The molecular weight excluding hydrogens is 258 g/mol. The Kier molecular flexibility index (Phi) is 4.94. The minimum Gasteiger partial charge on any atom is -0.394 e. The fourth-order valence-electron chi connectivity index (χ4n) is 2.00. The van der Waals surface area contributed by atoms with E-state index in [1.54, 1.807) is 26.4 Å². The molecule has 1 unspecified atom stereocenters. The lowest BCUT2D eigenvalue weighted by Gasteiger charge is -2.36. The molecule has 20 heavy (non-hydrogen) atoms. The van der Waals surface area contributed by atoms with Gasteiger partial charge in [0.05, 0.1) is 18.3 Å². The summed E-state index contributed by atoms with van der Waals surface area (Å²) < 4.78 is 1.39. The van der Waals surface area contributed by atoms with E-state index < -0.39 is 0 Å². The molecule has 2 N–H and O–H groups in total. The zero-order valence-corrected chi connectivity index (χ0v) is 12.7. The van der Waals surface area contributed by atoms with Crippen LogP contribution >= 0.6 is 0 Å². The third kappa shape index (κ3) is 3.84. The van der Waals surface area contributed by atoms with E-state index in [2.05, 4.69) is 5.32 Å². The number of amides is 2. The number of rotatable bonds is 3. The molecule has 0 radical (unpaired) electrons. The van der Waals surface area contributed by atoms with Gasteiger partial charge in [0, 0.05) is 26.4 Å². The van der Waals surface area contributed by atoms with Crippen LogP contribution in [0.3, 0.4) is 0 Å². The van der Waals surface area contributed by atoms with Crippen molar-refractivity contribution in [3.05, 3.63) is 28.7 Å². The van der Waals surface area contributed by atoms with Gasteiger partial charge in [-0.05, 0) is 11.5 Å². The zero-order chi connectivity index (χ0) is 15.5. The summed E-state index contributed by atoms with van der Waals surface area (Å²) in [6.07, 6.45) is 1.55. The van der Waals surface area contributed by atoms with Gasteiger partial charge in [0.1, 0.15) is 0 Å². The first-order valence-corrected chi connectivity index (χ1v) is 6.48. The van der Waals surface area contributed by atoms with E-state index in [4.69, 9.17) is 0 Å². The van der Waals surface area contributed by atoms with Crippen molar-refractivity contribution >= 4 is 11.7 Å². The van der Waals surface area contributed by atoms with Crippen LogP contribution in [0.4, 0.5) is 10.5 Å². The summed E-state index contributed by atoms with van der Waals surface area (Å²) in [7, 11) is 3.26. The second kappa shape index (κ2) is 6.09. The molecule has 1 rings (SSSR count). The van der Waals surface area contributed by atoms with Crippen LogP contribution in [0.2, 0.25) is 0 Å². The molecule has 0 saturated carbocycles. The number of carbonyl (C=O) groups excluding carboxylic acids is 1. The number of hydrogen-bond acceptors (Lipinski definition) is 3. The Balaban J connectivity index is 2.84. The maximum atomic E-state index is 12.2. The first-order valence-electron chi connectivity index (χ1n) is 6.48. The minimum absolute atomic E-state index is 0.110. The molecule has 2 amide bonds. The van der Waals surface area contributed by atoms with Gasteiger partial charge < -0.3 is 19.9 Å². The van der Waals surface area contributed by atoms with Gasteiger partial charge >= 0.3 is 6.03 Å². The number of hydrogen-bond donors (Lipinski definition) is 2. The Morgan fingerprint density at radius 2 is 2.05 bits per heavy atom. The van der Waals surface area contributed by atoms with Gasteiger partial charge in [-0.1, -0.05) is 20.8 Å². The average Bonchev–Trinajstić information content (AvgIpc) is 2.32. The number of aromatic nitrogens is 1. The van der Waals surface area contributed by atoms with Gasteiger partial charge in [-0.3, -0.25) is 4.79 Å². The van der Waals surface area contributed by atoms with Crippen LogP contribution in [-0.4, -0.2) is 40.3 Å². The predicted octanol–water partition coefficient (Wildman–Crippen LogP) is 1.26. The lowest BCUT2D eigenvalue weighted by Crippen LogP contribution is -2.48. The topological polar surface area (TPSA) is 74.6 Å². The average molecular weight is 281 g/mol. The fraction of sp³-hybridized carbons (Fsp3) is 0.571. The number of nitrogens with one attached hydrogen (secondary N) is 1. The molecule has 0 spiro atoms. The monoisotopic (exact) mass is 281 g/mol. The molecule has 0 saturated heterocycles. The van der Waals surface area contributed by atoms with E-state index in [-0.39, 0.29) is 29.7 Å². The van der Waals surface area contributed by atoms with Crippen molar-refractivity contribution in [2.45, 2.75) is 26.8 Å². The molecular formula is C14H23N3O3. The quantitative estimate of drug-likeness (QED) is 0.875. The second-order valence-corrected chi connectivity index (χ2v) is 5.97. The third-order valence-electron chi connectivity index (χ3n) is 3.30. The molecule has 112 valence electrons. The Labute approximate surface area is 119 Å². The molecule has 1 aromatic rings. The lowest BCUT2D eigenvalue weighted by atomic mass is 9.86. The van der Waals surface area contributed by atoms with E-state index in [1.165, 1.54) is 15.5 Å². The number of nitrogens with zero attached hydrogens (tertiary/aromatic N) is 2. The molecule has 6 nitrogen and oxygen atoms in total. The van der Waals surface area contributed by atoms with Crippen molar-refractivity contribution in [2.75, 3.05) is 19.0 Å².